The zero-order valence-electron chi connectivity index (χ0n) is 9.13. The van der Waals surface area contributed by atoms with Crippen LogP contribution in [0.15, 0.2) is 0 Å². The minimum atomic E-state index is -1.24. The maximum Gasteiger partial charge on any atom is 0.451 e. The van der Waals surface area contributed by atoms with Gasteiger partial charge in [-0.05, 0) is 30.1 Å². The minimum absolute atomic E-state index is 0. The van der Waals surface area contributed by atoms with Gasteiger partial charge in [-0.15, -0.1) is 17.5 Å². The minimum Gasteiger partial charge on any atom is -0.427 e. The van der Waals surface area contributed by atoms with Crippen LogP contribution in [0.2, 0.25) is 6.32 Å². The monoisotopic (exact) mass is 249 g/mol. The molecule has 9 heteroatoms. The molecule has 1 rings (SSSR count). The molecule has 0 aliphatic carbocycles. The molecule has 92 valence electrons. The van der Waals surface area contributed by atoms with E-state index in [-0.39, 0.29) is 12.4 Å². The van der Waals surface area contributed by atoms with Crippen molar-refractivity contribution in [3.05, 3.63) is 5.82 Å². The Bertz CT molecular complexity index is 282. The zero-order valence-corrected chi connectivity index (χ0v) is 9.94. The van der Waals surface area contributed by atoms with Crippen LogP contribution in [0.3, 0.4) is 0 Å². The summed E-state index contributed by atoms with van der Waals surface area (Å²) >= 11 is 0. The summed E-state index contributed by atoms with van der Waals surface area (Å²) in [5.74, 6) is 0.548. The van der Waals surface area contributed by atoms with Crippen LogP contribution in [0.5, 0.6) is 0 Å². The van der Waals surface area contributed by atoms with Gasteiger partial charge in [-0.1, -0.05) is 12.8 Å². The molecule has 1 unspecified atom stereocenters. The summed E-state index contributed by atoms with van der Waals surface area (Å²) < 4.78 is 0. The third-order valence-electron chi connectivity index (χ3n) is 2.29. The summed E-state index contributed by atoms with van der Waals surface area (Å²) in [6.07, 6.45) is 2.57. The highest BCUT2D eigenvalue weighted by atomic mass is 35.5. The van der Waals surface area contributed by atoms with Gasteiger partial charge in [0, 0.05) is 0 Å². The molecule has 0 bridgehead atoms. The number of H-pyrrole nitrogens is 1. The van der Waals surface area contributed by atoms with Gasteiger partial charge in [0.2, 0.25) is 0 Å². The van der Waals surface area contributed by atoms with E-state index in [2.05, 4.69) is 20.6 Å². The van der Waals surface area contributed by atoms with E-state index in [1.165, 1.54) is 0 Å². The fourth-order valence-corrected chi connectivity index (χ4v) is 1.34. The molecule has 7 nitrogen and oxygen atoms in total. The second kappa shape index (κ2) is 6.79. The fraction of sp³-hybridized carbons (Fsp3) is 0.857. The quantitative estimate of drug-likeness (QED) is 0.396. The molecule has 16 heavy (non-hydrogen) atoms. The predicted octanol–water partition coefficient (Wildman–Crippen LogP) is -0.562. The zero-order chi connectivity index (χ0) is 11.3. The van der Waals surface area contributed by atoms with Gasteiger partial charge in [0.25, 0.3) is 0 Å². The van der Waals surface area contributed by atoms with E-state index in [0.717, 1.165) is 6.42 Å². The number of nitrogens with one attached hydrogen (secondary N) is 1. The smallest absolute Gasteiger partial charge is 0.427 e. The van der Waals surface area contributed by atoms with Gasteiger partial charge in [-0.2, -0.15) is 0 Å². The summed E-state index contributed by atoms with van der Waals surface area (Å²) in [5, 5.41) is 30.6. The highest BCUT2D eigenvalue weighted by Gasteiger charge is 2.24. The molecule has 1 atom stereocenters. The van der Waals surface area contributed by atoms with Crippen LogP contribution < -0.4 is 5.73 Å². The van der Waals surface area contributed by atoms with Crippen molar-refractivity contribution < 1.29 is 10.0 Å². The lowest BCUT2D eigenvalue weighted by Crippen LogP contribution is -2.34. The van der Waals surface area contributed by atoms with Gasteiger partial charge in [0.1, 0.15) is 0 Å². The third-order valence-corrected chi connectivity index (χ3v) is 2.29. The van der Waals surface area contributed by atoms with E-state index in [4.69, 9.17) is 15.8 Å². The van der Waals surface area contributed by atoms with Crippen molar-refractivity contribution in [3.8, 4) is 0 Å². The Morgan fingerprint density at radius 3 is 2.62 bits per heavy atom. The molecule has 0 radical (unpaired) electrons. The number of tetrazole rings is 1. The first-order valence-corrected chi connectivity index (χ1v) is 4.91. The molecule has 5 N–H and O–H groups in total. The van der Waals surface area contributed by atoms with Gasteiger partial charge in [0.15, 0.2) is 5.82 Å². The second-order valence-corrected chi connectivity index (χ2v) is 3.89. The molecular formula is C7H17BClN5O2. The Morgan fingerprint density at radius 1 is 1.44 bits per heavy atom. The number of aromatic nitrogens is 4. The highest BCUT2D eigenvalue weighted by Crippen LogP contribution is 2.20. The molecule has 0 aliphatic heterocycles. The first kappa shape index (κ1) is 15.3. The van der Waals surface area contributed by atoms with E-state index in [0.29, 0.717) is 25.0 Å². The standard InChI is InChI=1S/C7H16BN5O2.ClH/c1-7(9,6-10-12-13-11-6)4-2-3-5-8(14)15;/h14-15H,2-5,9H2,1H3,(H,10,11,12,13);1H. The van der Waals surface area contributed by atoms with Gasteiger partial charge < -0.3 is 15.8 Å². The average molecular weight is 250 g/mol. The van der Waals surface area contributed by atoms with E-state index < -0.39 is 12.7 Å². The normalized spacial score (nSPS) is 14.0. The summed E-state index contributed by atoms with van der Waals surface area (Å²) in [6, 6.07) is 0. The molecular weight excluding hydrogens is 232 g/mol. The summed E-state index contributed by atoms with van der Waals surface area (Å²) in [6.45, 7) is 1.84. The Hall–Kier alpha value is -0.695. The lowest BCUT2D eigenvalue weighted by molar-refractivity contribution is 0.385. The third kappa shape index (κ3) is 4.89. The van der Waals surface area contributed by atoms with Crippen LogP contribution in [0.25, 0.3) is 0 Å². The van der Waals surface area contributed by atoms with E-state index in [9.17, 15) is 0 Å². The van der Waals surface area contributed by atoms with Crippen molar-refractivity contribution in [1.29, 1.82) is 0 Å². The lowest BCUT2D eigenvalue weighted by atomic mass is 9.82. The first-order valence-electron chi connectivity index (χ1n) is 4.91. The van der Waals surface area contributed by atoms with Crippen LogP contribution in [0.4, 0.5) is 0 Å². The molecule has 0 saturated heterocycles. The molecule has 0 amide bonds. The number of nitrogens with zero attached hydrogens (tertiary/aromatic N) is 3. The maximum absolute atomic E-state index is 8.65. The molecule has 1 aromatic rings. The van der Waals surface area contributed by atoms with Crippen molar-refractivity contribution in [3.63, 3.8) is 0 Å². The molecule has 0 spiro atoms. The Balaban J connectivity index is 0.00000225. The summed E-state index contributed by atoms with van der Waals surface area (Å²) in [5.41, 5.74) is 5.41. The van der Waals surface area contributed by atoms with Crippen LogP contribution >= 0.6 is 12.4 Å². The molecule has 1 aromatic heterocycles. The van der Waals surface area contributed by atoms with E-state index >= 15 is 0 Å². The number of halogens is 1. The number of nitrogens with two attached hydrogens (primary N) is 1. The molecule has 0 aliphatic rings. The predicted molar refractivity (Wildman–Crippen MR) is 61.8 cm³/mol. The molecule has 1 heterocycles. The fourth-order valence-electron chi connectivity index (χ4n) is 1.34. The van der Waals surface area contributed by atoms with Crippen LogP contribution in [-0.4, -0.2) is 37.8 Å². The van der Waals surface area contributed by atoms with Crippen molar-refractivity contribution in [2.45, 2.75) is 38.0 Å². The Morgan fingerprint density at radius 2 is 2.12 bits per heavy atom. The average Bonchev–Trinajstić information content (AvgIpc) is 2.65. The first-order chi connectivity index (χ1) is 7.02. The van der Waals surface area contributed by atoms with Crippen LogP contribution in [-0.2, 0) is 5.54 Å². The number of hydrogen-bond donors (Lipinski definition) is 4. The topological polar surface area (TPSA) is 121 Å². The van der Waals surface area contributed by atoms with Gasteiger partial charge in [-0.3, -0.25) is 0 Å². The SMILES string of the molecule is CC(N)(CCCCB(O)O)c1nnn[nH]1.Cl. The number of unbranched alkanes of at least 4 members (excludes halogenated alkanes) is 1. The largest absolute Gasteiger partial charge is 0.451 e. The van der Waals surface area contributed by atoms with Gasteiger partial charge >= 0.3 is 7.12 Å². The Labute approximate surface area is 100 Å². The van der Waals surface area contributed by atoms with E-state index in [1.807, 2.05) is 6.92 Å². The number of rotatable bonds is 6. The number of hydrogen-bond acceptors (Lipinski definition) is 6. The second-order valence-electron chi connectivity index (χ2n) is 3.89. The maximum atomic E-state index is 8.65. The van der Waals surface area contributed by atoms with Crippen molar-refractivity contribution in [2.75, 3.05) is 0 Å². The lowest BCUT2D eigenvalue weighted by Gasteiger charge is -2.20. The highest BCUT2D eigenvalue weighted by molar-refractivity contribution is 6.40. The summed E-state index contributed by atoms with van der Waals surface area (Å²) in [4.78, 5) is 0. The number of aromatic amines is 1. The van der Waals surface area contributed by atoms with Crippen LogP contribution in [0.1, 0.15) is 32.0 Å². The van der Waals surface area contributed by atoms with Gasteiger partial charge in [-0.25, -0.2) is 5.10 Å². The molecule has 0 aromatic carbocycles. The van der Waals surface area contributed by atoms with Crippen molar-refractivity contribution >= 4 is 19.5 Å². The van der Waals surface area contributed by atoms with Crippen LogP contribution in [0, 0.1) is 0 Å². The van der Waals surface area contributed by atoms with Crippen molar-refractivity contribution in [2.24, 2.45) is 5.73 Å². The molecule has 0 fully saturated rings. The summed E-state index contributed by atoms with van der Waals surface area (Å²) in [7, 11) is -1.24. The molecule has 0 saturated carbocycles. The van der Waals surface area contributed by atoms with Gasteiger partial charge in [0.05, 0.1) is 5.54 Å². The Kier molecular flexibility index (Phi) is 6.50. The van der Waals surface area contributed by atoms with Crippen molar-refractivity contribution in [1.82, 2.24) is 20.6 Å². The van der Waals surface area contributed by atoms with E-state index in [1.54, 1.807) is 0 Å².